The summed E-state index contributed by atoms with van der Waals surface area (Å²) in [5.41, 5.74) is -1.73. The van der Waals surface area contributed by atoms with Gasteiger partial charge in [0.25, 0.3) is 10.0 Å². The molecular formula is C29H30ClF4N3O4S. The summed E-state index contributed by atoms with van der Waals surface area (Å²) in [6.45, 7) is 4.00. The zero-order valence-corrected chi connectivity index (χ0v) is 24.6. The van der Waals surface area contributed by atoms with Gasteiger partial charge in [-0.1, -0.05) is 61.8 Å². The third-order valence-electron chi connectivity index (χ3n) is 6.30. The minimum Gasteiger partial charge on any atom is -0.354 e. The number of benzene rings is 3. The van der Waals surface area contributed by atoms with Crippen LogP contribution in [0.3, 0.4) is 0 Å². The lowest BCUT2D eigenvalue weighted by Crippen LogP contribution is -2.51. The smallest absolute Gasteiger partial charge is 0.354 e. The molecule has 7 nitrogen and oxygen atoms in total. The van der Waals surface area contributed by atoms with E-state index in [1.807, 2.05) is 13.8 Å². The summed E-state index contributed by atoms with van der Waals surface area (Å²) in [5, 5.41) is 2.03. The first-order chi connectivity index (χ1) is 19.6. The molecule has 226 valence electrons. The highest BCUT2D eigenvalue weighted by molar-refractivity contribution is 7.92. The number of sulfonamides is 1. The lowest BCUT2D eigenvalue weighted by molar-refractivity contribution is -0.139. The third-order valence-corrected chi connectivity index (χ3v) is 8.42. The quantitative estimate of drug-likeness (QED) is 0.269. The molecule has 0 saturated heterocycles. The lowest BCUT2D eigenvalue weighted by atomic mass is 10.1. The minimum absolute atomic E-state index is 0.0534. The number of halogens is 5. The molecule has 0 aliphatic carbocycles. The van der Waals surface area contributed by atoms with Crippen molar-refractivity contribution in [1.82, 2.24) is 10.2 Å². The fraction of sp³-hybridized carbons (Fsp3) is 0.310. The summed E-state index contributed by atoms with van der Waals surface area (Å²) in [4.78, 5) is 27.5. The van der Waals surface area contributed by atoms with E-state index in [2.05, 4.69) is 5.32 Å². The molecule has 0 aliphatic heterocycles. The lowest BCUT2D eigenvalue weighted by Gasteiger charge is -2.32. The molecule has 1 N–H and O–H groups in total. The van der Waals surface area contributed by atoms with Crippen molar-refractivity contribution in [3.05, 3.63) is 94.8 Å². The zero-order valence-electron chi connectivity index (χ0n) is 23.0. The van der Waals surface area contributed by atoms with Gasteiger partial charge in [0.05, 0.1) is 21.2 Å². The molecule has 3 rings (SSSR count). The number of anilines is 1. The van der Waals surface area contributed by atoms with Crippen molar-refractivity contribution in [2.45, 2.75) is 44.4 Å². The molecule has 1 atom stereocenters. The van der Waals surface area contributed by atoms with E-state index in [0.717, 1.165) is 17.0 Å². The summed E-state index contributed by atoms with van der Waals surface area (Å²) < 4.78 is 83.7. The maximum Gasteiger partial charge on any atom is 0.417 e. The van der Waals surface area contributed by atoms with Gasteiger partial charge in [0.1, 0.15) is 18.4 Å². The second kappa shape index (κ2) is 13.6. The van der Waals surface area contributed by atoms with Crippen LogP contribution in [0.15, 0.2) is 77.7 Å². The molecule has 0 heterocycles. The van der Waals surface area contributed by atoms with Gasteiger partial charge in [0.2, 0.25) is 11.8 Å². The van der Waals surface area contributed by atoms with Crippen molar-refractivity contribution in [1.29, 1.82) is 0 Å². The van der Waals surface area contributed by atoms with Gasteiger partial charge in [0, 0.05) is 18.7 Å². The second-order valence-corrected chi connectivity index (χ2v) is 12.2. The van der Waals surface area contributed by atoms with Crippen LogP contribution in [-0.4, -0.2) is 44.3 Å². The van der Waals surface area contributed by atoms with E-state index in [-0.39, 0.29) is 22.9 Å². The Morgan fingerprint density at radius 2 is 1.57 bits per heavy atom. The van der Waals surface area contributed by atoms with Crippen LogP contribution in [0.25, 0.3) is 0 Å². The van der Waals surface area contributed by atoms with Crippen LogP contribution in [-0.2, 0) is 32.3 Å². The van der Waals surface area contributed by atoms with Gasteiger partial charge in [-0.15, -0.1) is 0 Å². The van der Waals surface area contributed by atoms with E-state index < -0.39 is 69.2 Å². The van der Waals surface area contributed by atoms with Gasteiger partial charge in [-0.25, -0.2) is 12.8 Å². The molecule has 0 bridgehead atoms. The van der Waals surface area contributed by atoms with E-state index in [0.29, 0.717) is 10.4 Å². The Hall–Kier alpha value is -3.64. The number of hydrogen-bond acceptors (Lipinski definition) is 4. The van der Waals surface area contributed by atoms with E-state index in [9.17, 15) is 35.6 Å². The zero-order chi connectivity index (χ0) is 31.2. The number of nitrogens with one attached hydrogen (secondary N) is 1. The molecule has 0 saturated carbocycles. The largest absolute Gasteiger partial charge is 0.417 e. The van der Waals surface area contributed by atoms with Gasteiger partial charge < -0.3 is 10.2 Å². The molecule has 0 fully saturated rings. The summed E-state index contributed by atoms with van der Waals surface area (Å²) in [6, 6.07) is 13.7. The van der Waals surface area contributed by atoms with E-state index in [4.69, 9.17) is 11.6 Å². The monoisotopic (exact) mass is 627 g/mol. The van der Waals surface area contributed by atoms with Crippen LogP contribution in [0, 0.1) is 11.7 Å². The topological polar surface area (TPSA) is 86.8 Å². The molecule has 13 heteroatoms. The van der Waals surface area contributed by atoms with Gasteiger partial charge in [0.15, 0.2) is 0 Å². The number of carbonyl (C=O) groups is 2. The van der Waals surface area contributed by atoms with Crippen molar-refractivity contribution in [2.75, 3.05) is 17.4 Å². The Labute approximate surface area is 247 Å². The summed E-state index contributed by atoms with van der Waals surface area (Å²) in [7, 11) is -4.61. The Morgan fingerprint density at radius 3 is 2.17 bits per heavy atom. The van der Waals surface area contributed by atoms with E-state index >= 15 is 0 Å². The van der Waals surface area contributed by atoms with Crippen LogP contribution in [0.2, 0.25) is 5.02 Å². The summed E-state index contributed by atoms with van der Waals surface area (Å²) in [6.07, 6.45) is -4.92. The minimum atomic E-state index is -4.92. The SMILES string of the molecule is CC(C)CNC(=O)[C@@H](C)N(Cc1ccccc1F)C(=O)CN(c1ccc(Cl)c(C(F)(F)F)c1)S(=O)(=O)c1ccccc1. The van der Waals surface area contributed by atoms with Crippen molar-refractivity contribution >= 4 is 39.1 Å². The molecule has 0 unspecified atom stereocenters. The molecule has 3 aromatic rings. The first-order valence-electron chi connectivity index (χ1n) is 12.9. The number of nitrogens with zero attached hydrogens (tertiary/aromatic N) is 2. The maximum atomic E-state index is 14.6. The molecule has 3 aromatic carbocycles. The van der Waals surface area contributed by atoms with Crippen molar-refractivity contribution < 1.29 is 35.6 Å². The predicted octanol–water partition coefficient (Wildman–Crippen LogP) is 5.88. The van der Waals surface area contributed by atoms with Crippen LogP contribution in [0.1, 0.15) is 31.9 Å². The maximum absolute atomic E-state index is 14.6. The van der Waals surface area contributed by atoms with Crippen LogP contribution in [0.5, 0.6) is 0 Å². The first-order valence-corrected chi connectivity index (χ1v) is 14.7. The first kappa shape index (κ1) is 32.9. The van der Waals surface area contributed by atoms with Crippen molar-refractivity contribution in [3.63, 3.8) is 0 Å². The average molecular weight is 628 g/mol. The van der Waals surface area contributed by atoms with Crippen LogP contribution >= 0.6 is 11.6 Å². The van der Waals surface area contributed by atoms with Crippen molar-refractivity contribution in [3.8, 4) is 0 Å². The Kier molecular flexibility index (Phi) is 10.6. The highest BCUT2D eigenvalue weighted by atomic mass is 35.5. The summed E-state index contributed by atoms with van der Waals surface area (Å²) in [5.74, 6) is -2.10. The van der Waals surface area contributed by atoms with Gasteiger partial charge in [-0.3, -0.25) is 13.9 Å². The average Bonchev–Trinajstić information content (AvgIpc) is 2.93. The Morgan fingerprint density at radius 1 is 0.952 bits per heavy atom. The number of rotatable bonds is 11. The predicted molar refractivity (Wildman–Crippen MR) is 152 cm³/mol. The molecular weight excluding hydrogens is 598 g/mol. The van der Waals surface area contributed by atoms with E-state index in [1.54, 1.807) is 6.07 Å². The molecule has 2 amide bonds. The summed E-state index contributed by atoms with van der Waals surface area (Å²) >= 11 is 5.76. The highest BCUT2D eigenvalue weighted by Crippen LogP contribution is 2.38. The number of amides is 2. The number of alkyl halides is 3. The fourth-order valence-corrected chi connectivity index (χ4v) is 5.63. The van der Waals surface area contributed by atoms with Crippen molar-refractivity contribution in [2.24, 2.45) is 5.92 Å². The van der Waals surface area contributed by atoms with Crippen LogP contribution in [0.4, 0.5) is 23.2 Å². The number of carbonyl (C=O) groups excluding carboxylic acids is 2. The van der Waals surface area contributed by atoms with E-state index in [1.165, 1.54) is 55.5 Å². The second-order valence-electron chi connectivity index (χ2n) is 9.91. The fourth-order valence-electron chi connectivity index (χ4n) is 3.98. The molecule has 0 spiro atoms. The molecule has 0 aliphatic rings. The van der Waals surface area contributed by atoms with Gasteiger partial charge in [-0.05, 0) is 49.2 Å². The van der Waals surface area contributed by atoms with Gasteiger partial charge in [-0.2, -0.15) is 13.2 Å². The van der Waals surface area contributed by atoms with Crippen LogP contribution < -0.4 is 9.62 Å². The molecule has 0 aromatic heterocycles. The third kappa shape index (κ3) is 8.01. The normalized spacial score (nSPS) is 12.6. The molecule has 0 radical (unpaired) electrons. The standard InChI is InChI=1S/C29H30ClF4N3O4S/c1-19(2)16-35-28(39)20(3)36(17-21-9-7-8-12-26(21)31)27(38)18-37(42(40,41)23-10-5-4-6-11-23)22-13-14-25(30)24(15-22)29(32,33)34/h4-15,19-20H,16-18H2,1-3H3,(H,35,39)/t20-/m1/s1. The Balaban J connectivity index is 2.10. The van der Waals surface area contributed by atoms with Gasteiger partial charge >= 0.3 is 6.18 Å². The number of hydrogen-bond donors (Lipinski definition) is 1. The Bertz CT molecular complexity index is 1520. The highest BCUT2D eigenvalue weighted by Gasteiger charge is 2.37. The molecule has 42 heavy (non-hydrogen) atoms.